The molecule has 1 heterocycles. The van der Waals surface area contributed by atoms with E-state index in [9.17, 15) is 14.3 Å². The van der Waals surface area contributed by atoms with Crippen LogP contribution in [0.5, 0.6) is 5.75 Å². The van der Waals surface area contributed by atoms with Gasteiger partial charge in [-0.1, -0.05) is 0 Å². The summed E-state index contributed by atoms with van der Waals surface area (Å²) in [7, 11) is 0. The summed E-state index contributed by atoms with van der Waals surface area (Å²) in [4.78, 5) is 11.9. The first-order valence-electron chi connectivity index (χ1n) is 6.08. The molecule has 5 heteroatoms. The highest BCUT2D eigenvalue weighted by atomic mass is 19.1. The minimum atomic E-state index is -0.558. The molecule has 4 nitrogen and oxygen atoms in total. The Morgan fingerprint density at radius 3 is 3.00 bits per heavy atom. The molecular formula is C13H17FN2O2. The molecule has 2 atom stereocenters. The Kier molecular flexibility index (Phi) is 3.81. The first-order valence-corrected chi connectivity index (χ1v) is 6.08. The van der Waals surface area contributed by atoms with Crippen LogP contribution in [-0.4, -0.2) is 30.1 Å². The number of nitrogens with one attached hydrogen (secondary N) is 2. The lowest BCUT2D eigenvalue weighted by Crippen LogP contribution is -2.38. The monoisotopic (exact) mass is 252 g/mol. The fraction of sp³-hybridized carbons (Fsp3) is 0.462. The van der Waals surface area contributed by atoms with E-state index < -0.39 is 5.82 Å². The molecule has 1 aromatic carbocycles. The van der Waals surface area contributed by atoms with Crippen LogP contribution in [0.25, 0.3) is 0 Å². The number of phenols is 1. The Bertz CT molecular complexity index is 445. The van der Waals surface area contributed by atoms with E-state index in [2.05, 4.69) is 10.6 Å². The molecule has 0 spiro atoms. The molecule has 1 fully saturated rings. The summed E-state index contributed by atoms with van der Waals surface area (Å²) < 4.78 is 12.8. The summed E-state index contributed by atoms with van der Waals surface area (Å²) in [6.45, 7) is 3.79. The number of rotatable bonds is 3. The molecule has 1 aliphatic rings. The van der Waals surface area contributed by atoms with E-state index in [1.807, 2.05) is 6.92 Å². The van der Waals surface area contributed by atoms with Crippen molar-refractivity contribution >= 4 is 5.91 Å². The molecule has 1 amide bonds. The lowest BCUT2D eigenvalue weighted by Gasteiger charge is -2.20. The average molecular weight is 252 g/mol. The highest BCUT2D eigenvalue weighted by Gasteiger charge is 2.23. The molecule has 18 heavy (non-hydrogen) atoms. The van der Waals surface area contributed by atoms with Crippen LogP contribution in [0, 0.1) is 11.7 Å². The lowest BCUT2D eigenvalue weighted by molar-refractivity contribution is 0.0926. The smallest absolute Gasteiger partial charge is 0.255 e. The van der Waals surface area contributed by atoms with Crippen molar-refractivity contribution in [3.05, 3.63) is 29.6 Å². The SMILES string of the molecule is CC(NC(=O)c1ccc(F)cc1O)C1CCNC1. The molecule has 3 N–H and O–H groups in total. The zero-order chi connectivity index (χ0) is 13.1. The Labute approximate surface area is 105 Å². The second-order valence-corrected chi connectivity index (χ2v) is 4.68. The van der Waals surface area contributed by atoms with Gasteiger partial charge in [0, 0.05) is 12.1 Å². The van der Waals surface area contributed by atoms with Crippen LogP contribution in [-0.2, 0) is 0 Å². The number of aromatic hydroxyl groups is 1. The van der Waals surface area contributed by atoms with E-state index in [-0.39, 0.29) is 23.3 Å². The van der Waals surface area contributed by atoms with Crippen molar-refractivity contribution in [2.75, 3.05) is 13.1 Å². The summed E-state index contributed by atoms with van der Waals surface area (Å²) >= 11 is 0. The maximum absolute atomic E-state index is 12.8. The summed E-state index contributed by atoms with van der Waals surface area (Å²) in [6, 6.07) is 3.42. The maximum Gasteiger partial charge on any atom is 0.255 e. The molecule has 0 saturated carbocycles. The van der Waals surface area contributed by atoms with Crippen LogP contribution in [0.15, 0.2) is 18.2 Å². The highest BCUT2D eigenvalue weighted by molar-refractivity contribution is 5.96. The van der Waals surface area contributed by atoms with Crippen LogP contribution < -0.4 is 10.6 Å². The first-order chi connectivity index (χ1) is 8.58. The largest absolute Gasteiger partial charge is 0.507 e. The molecular weight excluding hydrogens is 235 g/mol. The summed E-state index contributed by atoms with van der Waals surface area (Å²) in [5, 5.41) is 15.6. The van der Waals surface area contributed by atoms with Crippen molar-refractivity contribution in [3.8, 4) is 5.75 Å². The Balaban J connectivity index is 2.02. The second kappa shape index (κ2) is 5.35. The fourth-order valence-electron chi connectivity index (χ4n) is 2.20. The number of hydrogen-bond acceptors (Lipinski definition) is 3. The van der Waals surface area contributed by atoms with E-state index >= 15 is 0 Å². The third-order valence-corrected chi connectivity index (χ3v) is 3.37. The third kappa shape index (κ3) is 2.79. The van der Waals surface area contributed by atoms with Gasteiger partial charge < -0.3 is 15.7 Å². The van der Waals surface area contributed by atoms with Gasteiger partial charge in [0.25, 0.3) is 5.91 Å². The molecule has 2 unspecified atom stereocenters. The number of hydrogen-bond donors (Lipinski definition) is 3. The van der Waals surface area contributed by atoms with Gasteiger partial charge >= 0.3 is 0 Å². The molecule has 1 saturated heterocycles. The Morgan fingerprint density at radius 2 is 2.39 bits per heavy atom. The fourth-order valence-corrected chi connectivity index (χ4v) is 2.20. The summed E-state index contributed by atoms with van der Waals surface area (Å²) in [5.74, 6) is -0.857. The predicted molar refractivity (Wildman–Crippen MR) is 66.0 cm³/mol. The van der Waals surface area contributed by atoms with E-state index in [0.29, 0.717) is 5.92 Å². The van der Waals surface area contributed by atoms with Crippen molar-refractivity contribution in [2.24, 2.45) is 5.92 Å². The molecule has 98 valence electrons. The minimum absolute atomic E-state index is 0.0250. The van der Waals surface area contributed by atoms with Gasteiger partial charge in [-0.3, -0.25) is 4.79 Å². The average Bonchev–Trinajstić information content (AvgIpc) is 2.81. The van der Waals surface area contributed by atoms with Gasteiger partial charge in [-0.05, 0) is 44.5 Å². The number of phenolic OH excluding ortho intramolecular Hbond substituents is 1. The predicted octanol–water partition coefficient (Wildman–Crippen LogP) is 1.26. The lowest BCUT2D eigenvalue weighted by atomic mass is 10.00. The quantitative estimate of drug-likeness (QED) is 0.759. The van der Waals surface area contributed by atoms with Crippen LogP contribution in [0.3, 0.4) is 0 Å². The first kappa shape index (κ1) is 12.8. The third-order valence-electron chi connectivity index (χ3n) is 3.37. The zero-order valence-corrected chi connectivity index (χ0v) is 10.2. The van der Waals surface area contributed by atoms with Gasteiger partial charge in [0.2, 0.25) is 0 Å². The van der Waals surface area contributed by atoms with Crippen molar-refractivity contribution in [3.63, 3.8) is 0 Å². The molecule has 0 aromatic heterocycles. The normalized spacial score (nSPS) is 20.7. The number of carbonyl (C=O) groups excluding carboxylic acids is 1. The van der Waals surface area contributed by atoms with Crippen LogP contribution in [0.1, 0.15) is 23.7 Å². The number of amides is 1. The van der Waals surface area contributed by atoms with E-state index in [1.165, 1.54) is 6.07 Å². The number of carbonyl (C=O) groups is 1. The Hall–Kier alpha value is -1.62. The van der Waals surface area contributed by atoms with Crippen LogP contribution >= 0.6 is 0 Å². The summed E-state index contributed by atoms with van der Waals surface area (Å²) in [6.07, 6.45) is 1.02. The van der Waals surface area contributed by atoms with E-state index in [1.54, 1.807) is 0 Å². The molecule has 0 radical (unpaired) electrons. The topological polar surface area (TPSA) is 61.4 Å². The van der Waals surface area contributed by atoms with Gasteiger partial charge in [-0.2, -0.15) is 0 Å². The van der Waals surface area contributed by atoms with Crippen molar-refractivity contribution < 1.29 is 14.3 Å². The van der Waals surface area contributed by atoms with Crippen LogP contribution in [0.2, 0.25) is 0 Å². The van der Waals surface area contributed by atoms with Crippen molar-refractivity contribution in [2.45, 2.75) is 19.4 Å². The van der Waals surface area contributed by atoms with Crippen LogP contribution in [0.4, 0.5) is 4.39 Å². The standard InChI is InChI=1S/C13H17FN2O2/c1-8(9-4-5-15-7-9)16-13(18)11-3-2-10(14)6-12(11)17/h2-3,6,8-9,15,17H,4-5,7H2,1H3,(H,16,18). The molecule has 1 aliphatic heterocycles. The van der Waals surface area contributed by atoms with Gasteiger partial charge in [-0.15, -0.1) is 0 Å². The molecule has 0 bridgehead atoms. The van der Waals surface area contributed by atoms with Crippen molar-refractivity contribution in [1.82, 2.24) is 10.6 Å². The second-order valence-electron chi connectivity index (χ2n) is 4.68. The van der Waals surface area contributed by atoms with Gasteiger partial charge in [0.05, 0.1) is 5.56 Å². The number of halogens is 1. The molecule has 2 rings (SSSR count). The maximum atomic E-state index is 12.8. The van der Waals surface area contributed by atoms with E-state index in [4.69, 9.17) is 0 Å². The van der Waals surface area contributed by atoms with Gasteiger partial charge in [-0.25, -0.2) is 4.39 Å². The van der Waals surface area contributed by atoms with Crippen molar-refractivity contribution in [1.29, 1.82) is 0 Å². The zero-order valence-electron chi connectivity index (χ0n) is 10.2. The van der Waals surface area contributed by atoms with Gasteiger partial charge in [0.1, 0.15) is 11.6 Å². The Morgan fingerprint density at radius 1 is 1.61 bits per heavy atom. The molecule has 0 aliphatic carbocycles. The van der Waals surface area contributed by atoms with E-state index in [0.717, 1.165) is 31.6 Å². The molecule has 1 aromatic rings. The summed E-state index contributed by atoms with van der Waals surface area (Å²) in [5.41, 5.74) is 0.106. The number of benzene rings is 1. The minimum Gasteiger partial charge on any atom is -0.507 e. The highest BCUT2D eigenvalue weighted by Crippen LogP contribution is 2.19. The van der Waals surface area contributed by atoms with Gasteiger partial charge in [0.15, 0.2) is 0 Å².